The molecule has 0 saturated heterocycles. The summed E-state index contributed by atoms with van der Waals surface area (Å²) in [4.78, 5) is 4.74. The van der Waals surface area contributed by atoms with Crippen LogP contribution in [-0.2, 0) is 7.05 Å². The third-order valence-corrected chi connectivity index (χ3v) is 3.77. The minimum Gasteiger partial charge on any atom is -0.397 e. The molecule has 0 aliphatic heterocycles. The van der Waals surface area contributed by atoms with Crippen LogP contribution in [0.3, 0.4) is 0 Å². The van der Waals surface area contributed by atoms with Crippen LogP contribution in [-0.4, -0.2) is 9.55 Å². The van der Waals surface area contributed by atoms with Crippen molar-refractivity contribution in [1.82, 2.24) is 9.55 Å². The lowest BCUT2D eigenvalue weighted by molar-refractivity contribution is 0.826. The smallest absolute Gasteiger partial charge is 0.141 e. The van der Waals surface area contributed by atoms with Crippen LogP contribution < -0.4 is 5.73 Å². The molecule has 0 amide bonds. The quantitative estimate of drug-likeness (QED) is 0.726. The highest BCUT2D eigenvalue weighted by molar-refractivity contribution is 6.31. The summed E-state index contributed by atoms with van der Waals surface area (Å²) in [7, 11) is 2.02. The first-order chi connectivity index (χ1) is 8.99. The van der Waals surface area contributed by atoms with Crippen molar-refractivity contribution < 1.29 is 0 Å². The number of hydrogen-bond donors (Lipinski definition) is 1. The average Bonchev–Trinajstić information content (AvgIpc) is 2.61. The Morgan fingerprint density at radius 2 is 1.95 bits per heavy atom. The van der Waals surface area contributed by atoms with Crippen molar-refractivity contribution in [3.05, 3.63) is 35.0 Å². The summed E-state index contributed by atoms with van der Waals surface area (Å²) in [5.74, 6) is 0.311. The summed E-state index contributed by atoms with van der Waals surface area (Å²) < 4.78 is 2.09. The second-order valence-corrected chi connectivity index (χ2v) is 5.65. The van der Waals surface area contributed by atoms with E-state index >= 15 is 0 Å². The molecule has 4 heteroatoms. The maximum atomic E-state index is 6.12. The number of aryl methyl sites for hydroxylation is 1. The van der Waals surface area contributed by atoms with E-state index in [0.717, 1.165) is 38.3 Å². The van der Waals surface area contributed by atoms with E-state index in [2.05, 4.69) is 18.4 Å². The van der Waals surface area contributed by atoms with Crippen molar-refractivity contribution in [2.75, 3.05) is 5.73 Å². The molecule has 0 bridgehead atoms. The standard InChI is InChI=1S/C15H16ClN3/c1-8(2)14-12(17)7-11-10-6-9(16)4-5-13(10)19(3)15(11)18-14/h4-8H,17H2,1-3H3. The number of benzene rings is 1. The number of aromatic nitrogens is 2. The second kappa shape index (κ2) is 4.14. The summed E-state index contributed by atoms with van der Waals surface area (Å²) in [5.41, 5.74) is 9.89. The highest BCUT2D eigenvalue weighted by atomic mass is 35.5. The summed E-state index contributed by atoms with van der Waals surface area (Å²) in [6, 6.07) is 7.89. The molecule has 0 aliphatic carbocycles. The van der Waals surface area contributed by atoms with Crippen molar-refractivity contribution in [2.24, 2.45) is 7.05 Å². The fourth-order valence-corrected chi connectivity index (χ4v) is 2.75. The van der Waals surface area contributed by atoms with E-state index in [-0.39, 0.29) is 0 Å². The maximum absolute atomic E-state index is 6.12. The zero-order valence-electron chi connectivity index (χ0n) is 11.2. The highest BCUT2D eigenvalue weighted by Crippen LogP contribution is 2.32. The van der Waals surface area contributed by atoms with Gasteiger partial charge < -0.3 is 10.3 Å². The van der Waals surface area contributed by atoms with Gasteiger partial charge in [-0.05, 0) is 30.2 Å². The summed E-state index contributed by atoms with van der Waals surface area (Å²) in [6.45, 7) is 4.20. The zero-order chi connectivity index (χ0) is 13.7. The molecule has 19 heavy (non-hydrogen) atoms. The van der Waals surface area contributed by atoms with Crippen LogP contribution in [0.4, 0.5) is 5.69 Å². The van der Waals surface area contributed by atoms with E-state index in [9.17, 15) is 0 Å². The molecule has 3 rings (SSSR count). The van der Waals surface area contributed by atoms with Gasteiger partial charge in [-0.2, -0.15) is 0 Å². The lowest BCUT2D eigenvalue weighted by Crippen LogP contribution is -2.01. The van der Waals surface area contributed by atoms with E-state index in [4.69, 9.17) is 22.3 Å². The molecule has 2 heterocycles. The van der Waals surface area contributed by atoms with Crippen LogP contribution >= 0.6 is 11.6 Å². The molecule has 98 valence electrons. The molecule has 2 N–H and O–H groups in total. The molecule has 2 aromatic heterocycles. The zero-order valence-corrected chi connectivity index (χ0v) is 12.0. The summed E-state index contributed by atoms with van der Waals surface area (Å²) in [5, 5.41) is 2.88. The number of nitrogen functional groups attached to an aromatic ring is 1. The van der Waals surface area contributed by atoms with Crippen molar-refractivity contribution in [2.45, 2.75) is 19.8 Å². The van der Waals surface area contributed by atoms with Gasteiger partial charge in [0.05, 0.1) is 16.9 Å². The minimum atomic E-state index is 0.311. The van der Waals surface area contributed by atoms with Crippen LogP contribution in [0.1, 0.15) is 25.5 Å². The van der Waals surface area contributed by atoms with Crippen LogP contribution in [0.25, 0.3) is 21.9 Å². The molecule has 0 saturated carbocycles. The van der Waals surface area contributed by atoms with E-state index in [1.807, 2.05) is 31.3 Å². The molecular weight excluding hydrogens is 258 g/mol. The first-order valence-electron chi connectivity index (χ1n) is 6.33. The molecule has 0 radical (unpaired) electrons. The molecule has 0 fully saturated rings. The van der Waals surface area contributed by atoms with E-state index in [1.165, 1.54) is 0 Å². The van der Waals surface area contributed by atoms with Gasteiger partial charge in [-0.15, -0.1) is 0 Å². The Morgan fingerprint density at radius 1 is 1.21 bits per heavy atom. The van der Waals surface area contributed by atoms with Crippen LogP contribution in [0.2, 0.25) is 5.02 Å². The SMILES string of the molecule is CC(C)c1nc2c(cc1N)c1cc(Cl)ccc1n2C. The summed E-state index contributed by atoms with van der Waals surface area (Å²) in [6.07, 6.45) is 0. The summed E-state index contributed by atoms with van der Waals surface area (Å²) >= 11 is 6.09. The fraction of sp³-hybridized carbons (Fsp3) is 0.267. The Bertz CT molecular complexity index is 787. The van der Waals surface area contributed by atoms with Gasteiger partial charge in [0.1, 0.15) is 5.65 Å². The third-order valence-electron chi connectivity index (χ3n) is 3.54. The predicted octanol–water partition coefficient (Wildman–Crippen LogP) is 4.09. The van der Waals surface area contributed by atoms with E-state index in [1.54, 1.807) is 0 Å². The normalized spacial score (nSPS) is 11.8. The van der Waals surface area contributed by atoms with Crippen molar-refractivity contribution in [3.8, 4) is 0 Å². The molecule has 1 aromatic carbocycles. The predicted molar refractivity (Wildman–Crippen MR) is 81.7 cm³/mol. The lowest BCUT2D eigenvalue weighted by Gasteiger charge is -2.08. The first-order valence-corrected chi connectivity index (χ1v) is 6.71. The van der Waals surface area contributed by atoms with Gasteiger partial charge in [-0.1, -0.05) is 25.4 Å². The van der Waals surface area contributed by atoms with Crippen LogP contribution in [0, 0.1) is 0 Å². The molecule has 0 spiro atoms. The topological polar surface area (TPSA) is 43.8 Å². The first kappa shape index (κ1) is 12.3. The second-order valence-electron chi connectivity index (χ2n) is 5.21. The average molecular weight is 274 g/mol. The number of nitrogens with zero attached hydrogens (tertiary/aromatic N) is 2. The largest absolute Gasteiger partial charge is 0.397 e. The Labute approximate surface area is 117 Å². The van der Waals surface area contributed by atoms with Gasteiger partial charge in [0.15, 0.2) is 0 Å². The maximum Gasteiger partial charge on any atom is 0.141 e. The Kier molecular flexibility index (Phi) is 2.68. The fourth-order valence-electron chi connectivity index (χ4n) is 2.58. The van der Waals surface area contributed by atoms with Crippen LogP contribution in [0.5, 0.6) is 0 Å². The van der Waals surface area contributed by atoms with E-state index in [0.29, 0.717) is 5.92 Å². The van der Waals surface area contributed by atoms with Crippen molar-refractivity contribution in [1.29, 1.82) is 0 Å². The number of nitrogens with two attached hydrogens (primary N) is 1. The molecule has 3 nitrogen and oxygen atoms in total. The number of halogens is 1. The molecular formula is C15H16ClN3. The molecule has 0 unspecified atom stereocenters. The van der Waals surface area contributed by atoms with Crippen molar-refractivity contribution in [3.63, 3.8) is 0 Å². The number of rotatable bonds is 1. The van der Waals surface area contributed by atoms with Crippen LogP contribution in [0.15, 0.2) is 24.3 Å². The van der Waals surface area contributed by atoms with Crippen molar-refractivity contribution >= 4 is 39.2 Å². The molecule has 0 atom stereocenters. The van der Waals surface area contributed by atoms with Gasteiger partial charge >= 0.3 is 0 Å². The Hall–Kier alpha value is -1.74. The van der Waals surface area contributed by atoms with Gasteiger partial charge in [-0.3, -0.25) is 0 Å². The Morgan fingerprint density at radius 3 is 2.63 bits per heavy atom. The number of fused-ring (bicyclic) bond motifs is 3. The molecule has 3 aromatic rings. The van der Waals surface area contributed by atoms with Gasteiger partial charge in [0.2, 0.25) is 0 Å². The molecule has 0 aliphatic rings. The van der Waals surface area contributed by atoms with Gasteiger partial charge in [-0.25, -0.2) is 4.98 Å². The Balaban J connectivity index is 2.48. The highest BCUT2D eigenvalue weighted by Gasteiger charge is 2.14. The minimum absolute atomic E-state index is 0.311. The van der Waals surface area contributed by atoms with Gasteiger partial charge in [0.25, 0.3) is 0 Å². The van der Waals surface area contributed by atoms with Gasteiger partial charge in [0, 0.05) is 22.8 Å². The third kappa shape index (κ3) is 1.77. The number of anilines is 1. The van der Waals surface area contributed by atoms with E-state index < -0.39 is 0 Å². The number of hydrogen-bond acceptors (Lipinski definition) is 2. The lowest BCUT2D eigenvalue weighted by atomic mass is 10.1. The number of pyridine rings is 1. The monoisotopic (exact) mass is 273 g/mol.